The van der Waals surface area contributed by atoms with Crippen LogP contribution in [0, 0.1) is 20.2 Å². The van der Waals surface area contributed by atoms with Crippen molar-refractivity contribution in [2.45, 2.75) is 29.4 Å². The average Bonchev–Trinajstić information content (AvgIpc) is 3.72. The third-order valence-electron chi connectivity index (χ3n) is 4.04. The number of aliphatic hydroxyl groups excluding tert-OH is 1. The maximum Gasteiger partial charge on any atom is 0.297 e. The average molecular weight is 571 g/mol. The lowest BCUT2D eigenvalue weighted by atomic mass is 10.3. The predicted octanol–water partition coefficient (Wildman–Crippen LogP) is 2.23. The van der Waals surface area contributed by atoms with Crippen LogP contribution in [0.1, 0.15) is 7.43 Å². The zero-order valence-corrected chi connectivity index (χ0v) is 20.0. The van der Waals surface area contributed by atoms with E-state index in [4.69, 9.17) is 24.7 Å². The highest BCUT2D eigenvalue weighted by atomic mass is 35.7. The molecule has 2 aliphatic heterocycles. The van der Waals surface area contributed by atoms with Crippen LogP contribution in [-0.4, -0.2) is 70.4 Å². The highest BCUT2D eigenvalue weighted by molar-refractivity contribution is 8.13. The molecule has 2 heterocycles. The van der Waals surface area contributed by atoms with E-state index in [2.05, 4.69) is 4.74 Å². The molecule has 0 aromatic heterocycles. The number of benzene rings is 2. The van der Waals surface area contributed by atoms with Gasteiger partial charge in [-0.2, -0.15) is 8.42 Å². The van der Waals surface area contributed by atoms with Crippen molar-refractivity contribution in [3.8, 4) is 0 Å². The second-order valence-electron chi connectivity index (χ2n) is 6.78. The summed E-state index contributed by atoms with van der Waals surface area (Å²) < 4.78 is 58.9. The Hall–Kier alpha value is -2.73. The topological polar surface area (TPSA) is 209 Å². The molecule has 0 bridgehead atoms. The third-order valence-corrected chi connectivity index (χ3v) is 6.67. The lowest BCUT2D eigenvalue weighted by molar-refractivity contribution is -0.385. The molecule has 0 unspecified atom stereocenters. The number of nitro groups is 2. The molecule has 0 radical (unpaired) electrons. The molecule has 200 valence electrons. The maximum absolute atomic E-state index is 11.6. The van der Waals surface area contributed by atoms with Crippen molar-refractivity contribution in [3.05, 3.63) is 68.8 Å². The van der Waals surface area contributed by atoms with Crippen LogP contribution in [0.2, 0.25) is 0 Å². The van der Waals surface area contributed by atoms with E-state index in [0.717, 1.165) is 18.7 Å². The smallest absolute Gasteiger partial charge is 0.297 e. The van der Waals surface area contributed by atoms with Crippen molar-refractivity contribution in [1.29, 1.82) is 0 Å². The van der Waals surface area contributed by atoms with Crippen molar-refractivity contribution in [2.75, 3.05) is 26.4 Å². The standard InChI is InChI=1S/C9H9NO6S.C6H4ClNO4S.C3H6O2.CH4/c11-10(12)7-2-1-3-9(4-7)17(13,14)16-6-8-5-15-8;7-13(11,12)6-3-1-2-5(4-6)8(9)10;4-1-3-2-5-3;/h1-4,8H,5-6H2;1-4H;3-4H,1-2H2;1H4/t8-;;3-;/m1.0./s1. The molecule has 2 fully saturated rings. The van der Waals surface area contributed by atoms with Crippen LogP contribution in [0.15, 0.2) is 58.3 Å². The maximum atomic E-state index is 11.6. The Morgan fingerprint density at radius 2 is 1.36 bits per heavy atom. The molecule has 2 saturated heterocycles. The summed E-state index contributed by atoms with van der Waals surface area (Å²) in [5, 5.41) is 28.8. The van der Waals surface area contributed by atoms with Crippen LogP contribution in [-0.2, 0) is 32.8 Å². The monoisotopic (exact) mass is 570 g/mol. The Morgan fingerprint density at radius 3 is 1.72 bits per heavy atom. The lowest BCUT2D eigenvalue weighted by Gasteiger charge is -2.03. The third kappa shape index (κ3) is 10.9. The summed E-state index contributed by atoms with van der Waals surface area (Å²) in [4.78, 5) is 18.9. The minimum Gasteiger partial charge on any atom is -0.394 e. The number of aliphatic hydroxyl groups is 1. The minimum atomic E-state index is -3.96. The van der Waals surface area contributed by atoms with Crippen LogP contribution in [0.5, 0.6) is 0 Å². The van der Waals surface area contributed by atoms with Gasteiger partial charge in [0.25, 0.3) is 30.5 Å². The van der Waals surface area contributed by atoms with Crippen molar-refractivity contribution < 1.29 is 45.4 Å². The fourth-order valence-corrected chi connectivity index (χ4v) is 3.84. The van der Waals surface area contributed by atoms with E-state index < -0.39 is 29.0 Å². The number of hydrogen-bond donors (Lipinski definition) is 1. The first-order valence-electron chi connectivity index (χ1n) is 9.50. The minimum absolute atomic E-state index is 0. The van der Waals surface area contributed by atoms with Crippen LogP contribution in [0.25, 0.3) is 0 Å². The second-order valence-corrected chi connectivity index (χ2v) is 11.0. The van der Waals surface area contributed by atoms with Gasteiger partial charge < -0.3 is 14.6 Å². The molecule has 2 atom stereocenters. The van der Waals surface area contributed by atoms with Crippen molar-refractivity contribution in [3.63, 3.8) is 0 Å². The fourth-order valence-electron chi connectivity index (χ4n) is 2.07. The van der Waals surface area contributed by atoms with E-state index in [1.807, 2.05) is 0 Å². The summed E-state index contributed by atoms with van der Waals surface area (Å²) in [7, 11) is -2.86. The summed E-state index contributed by atoms with van der Waals surface area (Å²) in [5.74, 6) is 0. The molecule has 17 heteroatoms. The molecule has 1 N–H and O–H groups in total. The van der Waals surface area contributed by atoms with Gasteiger partial charge in [-0.25, -0.2) is 8.42 Å². The van der Waals surface area contributed by atoms with Gasteiger partial charge in [0.15, 0.2) is 0 Å². The van der Waals surface area contributed by atoms with Crippen molar-refractivity contribution >= 4 is 41.2 Å². The Kier molecular flexibility index (Phi) is 11.8. The Morgan fingerprint density at radius 1 is 0.917 bits per heavy atom. The van der Waals surface area contributed by atoms with Gasteiger partial charge in [0.2, 0.25) is 0 Å². The highest BCUT2D eigenvalue weighted by Gasteiger charge is 2.27. The Bertz CT molecular complexity index is 1260. The summed E-state index contributed by atoms with van der Waals surface area (Å²) >= 11 is 0. The first kappa shape index (κ1) is 31.3. The van der Waals surface area contributed by atoms with Crippen LogP contribution in [0.4, 0.5) is 11.4 Å². The van der Waals surface area contributed by atoms with E-state index in [-0.39, 0.29) is 54.0 Å². The van der Waals surface area contributed by atoms with Gasteiger partial charge in [-0.3, -0.25) is 24.4 Å². The quantitative estimate of drug-likeness (QED) is 0.159. The molecule has 2 aliphatic rings. The lowest BCUT2D eigenvalue weighted by Crippen LogP contribution is -2.11. The molecule has 0 aliphatic carbocycles. The largest absolute Gasteiger partial charge is 0.394 e. The molecule has 14 nitrogen and oxygen atoms in total. The Balaban J connectivity index is 0.000000301. The number of hydrogen-bond acceptors (Lipinski definition) is 12. The molecule has 2 aromatic rings. The first-order chi connectivity index (χ1) is 16.3. The van der Waals surface area contributed by atoms with Crippen LogP contribution >= 0.6 is 10.7 Å². The van der Waals surface area contributed by atoms with Gasteiger partial charge in [0, 0.05) is 34.9 Å². The molecule has 2 aromatic carbocycles. The van der Waals surface area contributed by atoms with Crippen molar-refractivity contribution in [2.24, 2.45) is 0 Å². The first-order valence-corrected chi connectivity index (χ1v) is 13.2. The van der Waals surface area contributed by atoms with Crippen LogP contribution in [0.3, 0.4) is 0 Å². The van der Waals surface area contributed by atoms with Gasteiger partial charge in [0.1, 0.15) is 17.1 Å². The normalized spacial score (nSPS) is 17.7. The second kappa shape index (κ2) is 13.5. The number of rotatable bonds is 8. The van der Waals surface area contributed by atoms with Gasteiger partial charge >= 0.3 is 0 Å². The molecular formula is C19H23ClN2O12S2. The molecule has 36 heavy (non-hydrogen) atoms. The molecular weight excluding hydrogens is 548 g/mol. The number of epoxide rings is 2. The van der Waals surface area contributed by atoms with Crippen LogP contribution < -0.4 is 0 Å². The molecule has 4 rings (SSSR count). The van der Waals surface area contributed by atoms with E-state index in [9.17, 15) is 37.1 Å². The summed E-state index contributed by atoms with van der Waals surface area (Å²) in [5.41, 5.74) is -0.598. The number of non-ortho nitro benzene ring substituents is 2. The van der Waals surface area contributed by atoms with Gasteiger partial charge in [0.05, 0.1) is 41.2 Å². The zero-order chi connectivity index (χ0) is 26.2. The highest BCUT2D eigenvalue weighted by Crippen LogP contribution is 2.21. The number of ether oxygens (including phenoxy) is 2. The van der Waals surface area contributed by atoms with E-state index in [1.165, 1.54) is 36.4 Å². The molecule has 0 spiro atoms. The van der Waals surface area contributed by atoms with Gasteiger partial charge in [-0.1, -0.05) is 19.6 Å². The van der Waals surface area contributed by atoms with Crippen molar-refractivity contribution in [1.82, 2.24) is 0 Å². The van der Waals surface area contributed by atoms with Gasteiger partial charge in [-0.05, 0) is 12.1 Å². The van der Waals surface area contributed by atoms with Gasteiger partial charge in [-0.15, -0.1) is 0 Å². The molecule has 0 saturated carbocycles. The fraction of sp³-hybridized carbons (Fsp3) is 0.368. The summed E-state index contributed by atoms with van der Waals surface area (Å²) in [6.45, 7) is 1.37. The van der Waals surface area contributed by atoms with E-state index in [1.54, 1.807) is 0 Å². The zero-order valence-electron chi connectivity index (χ0n) is 17.6. The Labute approximate surface area is 211 Å². The SMILES string of the molecule is C.O=[N+]([O-])c1cccc(S(=O)(=O)Cl)c1.O=[N+]([O-])c1cccc(S(=O)(=O)OC[C@H]2CO2)c1.OC[C@H]1CO1. The predicted molar refractivity (Wildman–Crippen MR) is 126 cm³/mol. The number of halogens is 1. The summed E-state index contributed by atoms with van der Waals surface area (Å²) in [6.07, 6.45) is -0.00141. The number of nitro benzene ring substituents is 2. The molecule has 0 amide bonds. The summed E-state index contributed by atoms with van der Waals surface area (Å²) in [6, 6.07) is 9.25. The van der Waals surface area contributed by atoms with E-state index in [0.29, 0.717) is 6.61 Å². The van der Waals surface area contributed by atoms with E-state index >= 15 is 0 Å². The number of nitrogens with zero attached hydrogens (tertiary/aromatic N) is 2.